The van der Waals surface area contributed by atoms with Gasteiger partial charge in [0.2, 0.25) is 5.91 Å². The molecule has 0 bridgehead atoms. The molecule has 6 heteroatoms. The number of nitrogens with two attached hydrogens (primary N) is 1. The topological polar surface area (TPSA) is 97.4 Å². The number of rotatable bonds is 7. The molecule has 1 heterocycles. The summed E-state index contributed by atoms with van der Waals surface area (Å²) in [5.41, 5.74) is 5.63. The molecule has 1 rings (SSSR count). The second-order valence-corrected chi connectivity index (χ2v) is 5.23. The molecule has 2 atom stereocenters. The fourth-order valence-corrected chi connectivity index (χ4v) is 1.69. The number of furan rings is 1. The van der Waals surface area contributed by atoms with Crippen LogP contribution in [0.3, 0.4) is 0 Å². The summed E-state index contributed by atoms with van der Waals surface area (Å²) in [4.78, 5) is 24.0. The van der Waals surface area contributed by atoms with Crippen LogP contribution >= 0.6 is 0 Å². The third-order valence-electron chi connectivity index (χ3n) is 2.88. The molecular weight excluding hydrogens is 258 g/mol. The van der Waals surface area contributed by atoms with Crippen LogP contribution in [0.5, 0.6) is 0 Å². The Hall–Kier alpha value is -1.82. The Balaban J connectivity index is 2.55. The molecular formula is C14H23N3O3. The van der Waals surface area contributed by atoms with E-state index in [-0.39, 0.29) is 23.6 Å². The molecule has 2 unspecified atom stereocenters. The van der Waals surface area contributed by atoms with E-state index in [9.17, 15) is 9.59 Å². The Kier molecular flexibility index (Phi) is 6.24. The molecule has 0 saturated carbocycles. The van der Waals surface area contributed by atoms with E-state index < -0.39 is 11.9 Å². The first kappa shape index (κ1) is 16.2. The van der Waals surface area contributed by atoms with Crippen LogP contribution in [0, 0.1) is 5.92 Å². The van der Waals surface area contributed by atoms with Crippen molar-refractivity contribution in [3.8, 4) is 0 Å². The second-order valence-electron chi connectivity index (χ2n) is 5.23. The predicted molar refractivity (Wildman–Crippen MR) is 76.1 cm³/mol. The second kappa shape index (κ2) is 7.69. The average molecular weight is 281 g/mol. The standard InChI is InChI=1S/C14H23N3O3/c1-9(2)12(14(19)16-7-6-10(3)15)17-13(18)11-5-4-8-20-11/h4-5,8-10,12H,6-7,15H2,1-3H3,(H,16,19)(H,17,18). The van der Waals surface area contributed by atoms with Crippen LogP contribution in [-0.2, 0) is 4.79 Å². The van der Waals surface area contributed by atoms with Gasteiger partial charge in [-0.05, 0) is 31.4 Å². The quantitative estimate of drug-likeness (QED) is 0.691. The average Bonchev–Trinajstić information content (AvgIpc) is 2.88. The van der Waals surface area contributed by atoms with Crippen molar-refractivity contribution < 1.29 is 14.0 Å². The van der Waals surface area contributed by atoms with Crippen LogP contribution < -0.4 is 16.4 Å². The van der Waals surface area contributed by atoms with E-state index in [1.165, 1.54) is 6.26 Å². The zero-order valence-electron chi connectivity index (χ0n) is 12.2. The number of amides is 2. The SMILES string of the molecule is CC(N)CCNC(=O)C(NC(=O)c1ccco1)C(C)C. The molecule has 2 amide bonds. The third-order valence-corrected chi connectivity index (χ3v) is 2.88. The molecule has 1 aromatic heterocycles. The normalized spacial score (nSPS) is 13.8. The van der Waals surface area contributed by atoms with Crippen molar-refractivity contribution in [2.24, 2.45) is 11.7 Å². The summed E-state index contributed by atoms with van der Waals surface area (Å²) >= 11 is 0. The number of carbonyl (C=O) groups excluding carboxylic acids is 2. The molecule has 0 aromatic carbocycles. The van der Waals surface area contributed by atoms with Gasteiger partial charge in [0.1, 0.15) is 6.04 Å². The Morgan fingerprint density at radius 3 is 2.55 bits per heavy atom. The van der Waals surface area contributed by atoms with Gasteiger partial charge in [-0.3, -0.25) is 9.59 Å². The molecule has 0 saturated heterocycles. The number of hydrogen-bond acceptors (Lipinski definition) is 4. The molecule has 4 N–H and O–H groups in total. The van der Waals surface area contributed by atoms with Crippen molar-refractivity contribution in [2.45, 2.75) is 39.3 Å². The van der Waals surface area contributed by atoms with Crippen molar-refractivity contribution in [3.05, 3.63) is 24.2 Å². The summed E-state index contributed by atoms with van der Waals surface area (Å²) in [5, 5.41) is 5.46. The summed E-state index contributed by atoms with van der Waals surface area (Å²) in [6.45, 7) is 6.12. The molecule has 20 heavy (non-hydrogen) atoms. The van der Waals surface area contributed by atoms with Crippen molar-refractivity contribution in [3.63, 3.8) is 0 Å². The third kappa shape index (κ3) is 5.05. The smallest absolute Gasteiger partial charge is 0.287 e. The number of carbonyl (C=O) groups is 2. The summed E-state index contributed by atoms with van der Waals surface area (Å²) in [7, 11) is 0. The van der Waals surface area contributed by atoms with Crippen molar-refractivity contribution >= 4 is 11.8 Å². The van der Waals surface area contributed by atoms with Gasteiger partial charge < -0.3 is 20.8 Å². The largest absolute Gasteiger partial charge is 0.459 e. The van der Waals surface area contributed by atoms with Crippen molar-refractivity contribution in [1.29, 1.82) is 0 Å². The predicted octanol–water partition coefficient (Wildman–Crippen LogP) is 0.887. The maximum atomic E-state index is 12.1. The highest BCUT2D eigenvalue weighted by Gasteiger charge is 2.25. The molecule has 0 aliphatic rings. The summed E-state index contributed by atoms with van der Waals surface area (Å²) in [5.74, 6) is -0.431. The lowest BCUT2D eigenvalue weighted by Gasteiger charge is -2.21. The highest BCUT2D eigenvalue weighted by atomic mass is 16.3. The number of hydrogen-bond donors (Lipinski definition) is 3. The minimum Gasteiger partial charge on any atom is -0.459 e. The maximum Gasteiger partial charge on any atom is 0.287 e. The van der Waals surface area contributed by atoms with Gasteiger partial charge in [-0.25, -0.2) is 0 Å². The first-order chi connectivity index (χ1) is 9.41. The van der Waals surface area contributed by atoms with E-state index in [1.54, 1.807) is 12.1 Å². The molecule has 0 spiro atoms. The molecule has 1 aromatic rings. The fourth-order valence-electron chi connectivity index (χ4n) is 1.69. The van der Waals surface area contributed by atoms with E-state index in [2.05, 4.69) is 10.6 Å². The molecule has 6 nitrogen and oxygen atoms in total. The number of nitrogens with one attached hydrogen (secondary N) is 2. The monoisotopic (exact) mass is 281 g/mol. The van der Waals surface area contributed by atoms with E-state index >= 15 is 0 Å². The van der Waals surface area contributed by atoms with Gasteiger partial charge in [0, 0.05) is 12.6 Å². The Morgan fingerprint density at radius 2 is 2.05 bits per heavy atom. The van der Waals surface area contributed by atoms with Crippen LogP contribution in [0.4, 0.5) is 0 Å². The fraction of sp³-hybridized carbons (Fsp3) is 0.571. The summed E-state index contributed by atoms with van der Waals surface area (Å²) in [6, 6.07) is 2.62. The van der Waals surface area contributed by atoms with Crippen LogP contribution in [0.1, 0.15) is 37.7 Å². The molecule has 112 valence electrons. The van der Waals surface area contributed by atoms with E-state index in [0.717, 1.165) is 0 Å². The zero-order valence-corrected chi connectivity index (χ0v) is 12.2. The lowest BCUT2D eigenvalue weighted by molar-refractivity contribution is -0.123. The lowest BCUT2D eigenvalue weighted by Crippen LogP contribution is -2.50. The first-order valence-electron chi connectivity index (χ1n) is 6.79. The van der Waals surface area contributed by atoms with E-state index in [4.69, 9.17) is 10.2 Å². The van der Waals surface area contributed by atoms with E-state index in [0.29, 0.717) is 13.0 Å². The van der Waals surface area contributed by atoms with Crippen LogP contribution in [0.15, 0.2) is 22.8 Å². The molecule has 0 fully saturated rings. The van der Waals surface area contributed by atoms with Gasteiger partial charge in [0.05, 0.1) is 6.26 Å². The van der Waals surface area contributed by atoms with Gasteiger partial charge in [-0.2, -0.15) is 0 Å². The molecule has 0 aliphatic carbocycles. The Morgan fingerprint density at radius 1 is 1.35 bits per heavy atom. The molecule has 0 radical (unpaired) electrons. The minimum atomic E-state index is -0.597. The van der Waals surface area contributed by atoms with Gasteiger partial charge in [0.25, 0.3) is 5.91 Å². The maximum absolute atomic E-state index is 12.1. The highest BCUT2D eigenvalue weighted by Crippen LogP contribution is 2.05. The van der Waals surface area contributed by atoms with Crippen LogP contribution in [0.2, 0.25) is 0 Å². The van der Waals surface area contributed by atoms with Gasteiger partial charge in [0.15, 0.2) is 5.76 Å². The lowest BCUT2D eigenvalue weighted by atomic mass is 10.0. The summed E-state index contributed by atoms with van der Waals surface area (Å²) < 4.78 is 5.01. The van der Waals surface area contributed by atoms with Crippen molar-refractivity contribution in [1.82, 2.24) is 10.6 Å². The Bertz CT molecular complexity index is 427. The van der Waals surface area contributed by atoms with E-state index in [1.807, 2.05) is 20.8 Å². The molecule has 0 aliphatic heterocycles. The van der Waals surface area contributed by atoms with Gasteiger partial charge in [-0.15, -0.1) is 0 Å². The van der Waals surface area contributed by atoms with Crippen LogP contribution in [0.25, 0.3) is 0 Å². The van der Waals surface area contributed by atoms with Crippen LogP contribution in [-0.4, -0.2) is 30.4 Å². The summed E-state index contributed by atoms with van der Waals surface area (Å²) in [6.07, 6.45) is 2.12. The van der Waals surface area contributed by atoms with Crippen molar-refractivity contribution in [2.75, 3.05) is 6.54 Å². The van der Waals surface area contributed by atoms with Gasteiger partial charge >= 0.3 is 0 Å². The minimum absolute atomic E-state index is 0.0239. The highest BCUT2D eigenvalue weighted by molar-refractivity contribution is 5.95. The van der Waals surface area contributed by atoms with Gasteiger partial charge in [-0.1, -0.05) is 13.8 Å². The first-order valence-corrected chi connectivity index (χ1v) is 6.79. The zero-order chi connectivity index (χ0) is 15.1. The Labute approximate surface area is 119 Å².